The van der Waals surface area contributed by atoms with E-state index in [0.717, 1.165) is 25.0 Å². The van der Waals surface area contributed by atoms with Crippen LogP contribution in [0.1, 0.15) is 78.1 Å². The SMILES string of the molecule is CCCCCCOC(=O)CCC(=O)SCCCCCC. The lowest BCUT2D eigenvalue weighted by atomic mass is 10.2. The fourth-order valence-corrected chi connectivity index (χ4v) is 2.60. The predicted octanol–water partition coefficient (Wildman–Crippen LogP) is 4.73. The predicted molar refractivity (Wildman–Crippen MR) is 85.9 cm³/mol. The molecule has 0 aliphatic rings. The van der Waals surface area contributed by atoms with E-state index in [-0.39, 0.29) is 17.5 Å². The first-order chi connectivity index (χ1) is 9.70. The van der Waals surface area contributed by atoms with E-state index >= 15 is 0 Å². The Morgan fingerprint density at radius 3 is 2.15 bits per heavy atom. The van der Waals surface area contributed by atoms with Crippen LogP contribution in [0.2, 0.25) is 0 Å². The fourth-order valence-electron chi connectivity index (χ4n) is 1.78. The number of carbonyl (C=O) groups excluding carboxylic acids is 2. The van der Waals surface area contributed by atoms with E-state index in [4.69, 9.17) is 4.74 Å². The lowest BCUT2D eigenvalue weighted by Crippen LogP contribution is -2.07. The highest BCUT2D eigenvalue weighted by atomic mass is 32.2. The lowest BCUT2D eigenvalue weighted by Gasteiger charge is -2.04. The van der Waals surface area contributed by atoms with Gasteiger partial charge in [-0.15, -0.1) is 0 Å². The molecule has 0 atom stereocenters. The maximum absolute atomic E-state index is 11.6. The molecule has 0 rings (SSSR count). The van der Waals surface area contributed by atoms with Gasteiger partial charge in [0.05, 0.1) is 13.0 Å². The molecule has 0 aliphatic carbocycles. The van der Waals surface area contributed by atoms with Gasteiger partial charge in [-0.1, -0.05) is 64.1 Å². The summed E-state index contributed by atoms with van der Waals surface area (Å²) >= 11 is 1.36. The molecule has 0 unspecified atom stereocenters. The highest BCUT2D eigenvalue weighted by Crippen LogP contribution is 2.12. The standard InChI is InChI=1S/C16H30O3S/c1-3-5-7-9-13-19-15(17)11-12-16(18)20-14-10-8-6-4-2/h3-14H2,1-2H3. The molecule has 0 aromatic carbocycles. The number of ether oxygens (including phenoxy) is 1. The lowest BCUT2D eigenvalue weighted by molar-refractivity contribution is -0.144. The molecule has 0 saturated heterocycles. The summed E-state index contributed by atoms with van der Waals surface area (Å²) in [6, 6.07) is 0. The van der Waals surface area contributed by atoms with E-state index < -0.39 is 0 Å². The van der Waals surface area contributed by atoms with E-state index in [0.29, 0.717) is 13.0 Å². The second-order valence-corrected chi connectivity index (χ2v) is 6.21. The van der Waals surface area contributed by atoms with Crippen molar-refractivity contribution < 1.29 is 14.3 Å². The van der Waals surface area contributed by atoms with Crippen molar-refractivity contribution >= 4 is 22.8 Å². The van der Waals surface area contributed by atoms with Crippen LogP contribution in [-0.2, 0) is 14.3 Å². The summed E-state index contributed by atoms with van der Waals surface area (Å²) in [5.41, 5.74) is 0. The molecule has 0 N–H and O–H groups in total. The Bertz CT molecular complexity index is 228. The molecule has 0 fully saturated rings. The Hall–Kier alpha value is -0.510. The summed E-state index contributed by atoms with van der Waals surface area (Å²) in [7, 11) is 0. The number of esters is 1. The first-order valence-corrected chi connectivity index (χ1v) is 9.00. The van der Waals surface area contributed by atoms with Gasteiger partial charge in [-0.2, -0.15) is 0 Å². The zero-order valence-electron chi connectivity index (χ0n) is 13.1. The van der Waals surface area contributed by atoms with Gasteiger partial charge in [0.2, 0.25) is 0 Å². The Morgan fingerprint density at radius 1 is 0.850 bits per heavy atom. The highest BCUT2D eigenvalue weighted by molar-refractivity contribution is 8.13. The van der Waals surface area contributed by atoms with E-state index in [1.54, 1.807) is 0 Å². The van der Waals surface area contributed by atoms with E-state index in [9.17, 15) is 9.59 Å². The number of rotatable bonds is 13. The minimum absolute atomic E-state index is 0.115. The molecule has 118 valence electrons. The van der Waals surface area contributed by atoms with Crippen LogP contribution in [0.15, 0.2) is 0 Å². The van der Waals surface area contributed by atoms with Crippen molar-refractivity contribution in [1.29, 1.82) is 0 Å². The fraction of sp³-hybridized carbons (Fsp3) is 0.875. The van der Waals surface area contributed by atoms with Crippen LogP contribution in [-0.4, -0.2) is 23.4 Å². The summed E-state index contributed by atoms with van der Waals surface area (Å²) in [5.74, 6) is 0.645. The van der Waals surface area contributed by atoms with E-state index in [1.807, 2.05) is 0 Å². The Kier molecular flexibility index (Phi) is 14.5. The molecule has 0 heterocycles. The van der Waals surface area contributed by atoms with Crippen molar-refractivity contribution in [1.82, 2.24) is 0 Å². The van der Waals surface area contributed by atoms with E-state index in [2.05, 4.69) is 13.8 Å². The van der Waals surface area contributed by atoms with Crippen molar-refractivity contribution in [2.24, 2.45) is 0 Å². The van der Waals surface area contributed by atoms with Crippen LogP contribution in [0.3, 0.4) is 0 Å². The molecule has 0 aromatic heterocycles. The molecule has 3 nitrogen and oxygen atoms in total. The summed E-state index contributed by atoms with van der Waals surface area (Å²) < 4.78 is 5.10. The van der Waals surface area contributed by atoms with Gasteiger partial charge in [-0.3, -0.25) is 9.59 Å². The number of hydrogen-bond donors (Lipinski definition) is 0. The van der Waals surface area contributed by atoms with Crippen LogP contribution < -0.4 is 0 Å². The van der Waals surface area contributed by atoms with Crippen LogP contribution in [0.4, 0.5) is 0 Å². The van der Waals surface area contributed by atoms with E-state index in [1.165, 1.54) is 43.9 Å². The number of hydrogen-bond acceptors (Lipinski definition) is 4. The first kappa shape index (κ1) is 19.5. The molecule has 0 saturated carbocycles. The zero-order valence-corrected chi connectivity index (χ0v) is 13.9. The second-order valence-electron chi connectivity index (χ2n) is 5.06. The largest absolute Gasteiger partial charge is 0.466 e. The molecule has 4 heteroatoms. The molecule has 0 aromatic rings. The van der Waals surface area contributed by atoms with Gasteiger partial charge >= 0.3 is 5.97 Å². The molecule has 0 amide bonds. The van der Waals surface area contributed by atoms with Crippen molar-refractivity contribution in [3.05, 3.63) is 0 Å². The van der Waals surface area contributed by atoms with Gasteiger partial charge in [0, 0.05) is 12.2 Å². The maximum atomic E-state index is 11.6. The summed E-state index contributed by atoms with van der Waals surface area (Å²) in [6.45, 7) is 4.82. The summed E-state index contributed by atoms with van der Waals surface area (Å²) in [4.78, 5) is 23.0. The average molecular weight is 302 g/mol. The minimum atomic E-state index is -0.235. The third kappa shape index (κ3) is 13.9. The van der Waals surface area contributed by atoms with Gasteiger partial charge in [-0.25, -0.2) is 0 Å². The Balaban J connectivity index is 3.37. The maximum Gasteiger partial charge on any atom is 0.306 e. The Morgan fingerprint density at radius 2 is 1.50 bits per heavy atom. The highest BCUT2D eigenvalue weighted by Gasteiger charge is 2.08. The molecular weight excluding hydrogens is 272 g/mol. The van der Waals surface area contributed by atoms with Crippen molar-refractivity contribution in [3.63, 3.8) is 0 Å². The third-order valence-corrected chi connectivity index (χ3v) is 4.07. The van der Waals surface area contributed by atoms with Crippen LogP contribution >= 0.6 is 11.8 Å². The molecule has 20 heavy (non-hydrogen) atoms. The molecular formula is C16H30O3S. The monoisotopic (exact) mass is 302 g/mol. The van der Waals surface area contributed by atoms with Gasteiger partial charge in [-0.05, 0) is 12.8 Å². The molecule has 0 radical (unpaired) electrons. The quantitative estimate of drug-likeness (QED) is 0.364. The normalized spacial score (nSPS) is 10.5. The minimum Gasteiger partial charge on any atom is -0.466 e. The van der Waals surface area contributed by atoms with Crippen LogP contribution in [0, 0.1) is 0 Å². The molecule has 0 bridgehead atoms. The molecule has 0 spiro atoms. The molecule has 0 aliphatic heterocycles. The topological polar surface area (TPSA) is 43.4 Å². The van der Waals surface area contributed by atoms with Gasteiger partial charge in [0.15, 0.2) is 5.12 Å². The van der Waals surface area contributed by atoms with Crippen LogP contribution in [0.25, 0.3) is 0 Å². The second kappa shape index (κ2) is 14.9. The van der Waals surface area contributed by atoms with Gasteiger partial charge in [0.25, 0.3) is 0 Å². The number of thioether (sulfide) groups is 1. The van der Waals surface area contributed by atoms with Crippen LogP contribution in [0.5, 0.6) is 0 Å². The zero-order chi connectivity index (χ0) is 15.1. The third-order valence-electron chi connectivity index (χ3n) is 3.06. The summed E-state index contributed by atoms with van der Waals surface area (Å²) in [6.07, 6.45) is 9.67. The van der Waals surface area contributed by atoms with Crippen molar-refractivity contribution in [2.75, 3.05) is 12.4 Å². The number of unbranched alkanes of at least 4 members (excludes halogenated alkanes) is 6. The summed E-state index contributed by atoms with van der Waals surface area (Å²) in [5, 5.41) is 0.115. The van der Waals surface area contributed by atoms with Crippen molar-refractivity contribution in [3.8, 4) is 0 Å². The van der Waals surface area contributed by atoms with Crippen molar-refractivity contribution in [2.45, 2.75) is 78.1 Å². The van der Waals surface area contributed by atoms with Gasteiger partial charge in [0.1, 0.15) is 0 Å². The Labute approximate surface area is 128 Å². The average Bonchev–Trinajstić information content (AvgIpc) is 2.44. The first-order valence-electron chi connectivity index (χ1n) is 8.02. The smallest absolute Gasteiger partial charge is 0.306 e. The van der Waals surface area contributed by atoms with Gasteiger partial charge < -0.3 is 4.74 Å². The number of carbonyl (C=O) groups is 2.